The van der Waals surface area contributed by atoms with Crippen LogP contribution in [0.5, 0.6) is 0 Å². The molecule has 1 heterocycles. The van der Waals surface area contributed by atoms with E-state index in [1.807, 2.05) is 0 Å². The average Bonchev–Trinajstić information content (AvgIpc) is 2.81. The third kappa shape index (κ3) is 5.31. The summed E-state index contributed by atoms with van der Waals surface area (Å²) in [7, 11) is 1.65. The fourth-order valence-corrected chi connectivity index (χ4v) is 1.34. The Kier molecular flexibility index (Phi) is 7.09. The molecule has 0 aromatic carbocycles. The predicted molar refractivity (Wildman–Crippen MR) is 62.6 cm³/mol. The van der Waals surface area contributed by atoms with Crippen LogP contribution >= 0.6 is 0 Å². The molecular weight excluding hydrogens is 240 g/mol. The Morgan fingerprint density at radius 2 is 2.06 bits per heavy atom. The third-order valence-corrected chi connectivity index (χ3v) is 2.21. The molecule has 1 rings (SSSR count). The zero-order valence-electron chi connectivity index (χ0n) is 10.4. The summed E-state index contributed by atoms with van der Waals surface area (Å²) < 4.78 is 20.3. The smallest absolute Gasteiger partial charge is 0.372 e. The predicted octanol–water partition coefficient (Wildman–Crippen LogP) is 1.55. The summed E-state index contributed by atoms with van der Waals surface area (Å²) in [6.45, 7) is 2.40. The molecule has 18 heavy (non-hydrogen) atoms. The van der Waals surface area contributed by atoms with Crippen molar-refractivity contribution in [2.45, 2.75) is 13.0 Å². The van der Waals surface area contributed by atoms with Crippen molar-refractivity contribution in [1.29, 1.82) is 0 Å². The van der Waals surface area contributed by atoms with Crippen molar-refractivity contribution in [1.82, 2.24) is 0 Å². The van der Waals surface area contributed by atoms with E-state index in [0.717, 1.165) is 6.42 Å². The van der Waals surface area contributed by atoms with Crippen molar-refractivity contribution >= 4 is 5.97 Å². The normalized spacial score (nSPS) is 10.7. The van der Waals surface area contributed by atoms with E-state index in [4.69, 9.17) is 23.7 Å². The molecule has 1 N–H and O–H groups in total. The summed E-state index contributed by atoms with van der Waals surface area (Å²) in [6, 6.07) is 1.59. The number of carboxylic acid groups (broad SMARTS) is 1. The van der Waals surface area contributed by atoms with Gasteiger partial charge in [0.2, 0.25) is 5.76 Å². The monoisotopic (exact) mass is 258 g/mol. The summed E-state index contributed by atoms with van der Waals surface area (Å²) in [5, 5.41) is 8.79. The van der Waals surface area contributed by atoms with Gasteiger partial charge in [0.1, 0.15) is 0 Å². The maximum Gasteiger partial charge on any atom is 0.372 e. The Morgan fingerprint density at radius 3 is 2.78 bits per heavy atom. The molecule has 0 atom stereocenters. The van der Waals surface area contributed by atoms with Crippen LogP contribution in [-0.4, -0.2) is 44.6 Å². The summed E-state index contributed by atoms with van der Waals surface area (Å²) in [5.41, 5.74) is 0.530. The number of carbonyl (C=O) groups is 1. The SMILES string of the molecule is COCCCOCCOCc1ccoc1C(=O)O. The van der Waals surface area contributed by atoms with Gasteiger partial charge in [-0.05, 0) is 12.5 Å². The van der Waals surface area contributed by atoms with Gasteiger partial charge in [0, 0.05) is 25.9 Å². The maximum atomic E-state index is 10.7. The van der Waals surface area contributed by atoms with Crippen LogP contribution in [0.25, 0.3) is 0 Å². The number of carboxylic acids is 1. The molecule has 0 bridgehead atoms. The fourth-order valence-electron chi connectivity index (χ4n) is 1.34. The molecule has 0 unspecified atom stereocenters. The van der Waals surface area contributed by atoms with Crippen LogP contribution in [0.2, 0.25) is 0 Å². The van der Waals surface area contributed by atoms with Crippen LogP contribution in [0.3, 0.4) is 0 Å². The van der Waals surface area contributed by atoms with E-state index in [2.05, 4.69) is 0 Å². The number of hydrogen-bond acceptors (Lipinski definition) is 5. The van der Waals surface area contributed by atoms with Gasteiger partial charge in [-0.1, -0.05) is 0 Å². The minimum atomic E-state index is -1.09. The molecule has 1 aromatic rings. The van der Waals surface area contributed by atoms with Crippen molar-refractivity contribution in [3.63, 3.8) is 0 Å². The molecule has 0 spiro atoms. The quantitative estimate of drug-likeness (QED) is 0.641. The van der Waals surface area contributed by atoms with Crippen LogP contribution in [-0.2, 0) is 20.8 Å². The number of rotatable bonds is 10. The molecule has 0 saturated heterocycles. The van der Waals surface area contributed by atoms with Gasteiger partial charge in [-0.15, -0.1) is 0 Å². The minimum absolute atomic E-state index is 0.0731. The third-order valence-electron chi connectivity index (χ3n) is 2.21. The van der Waals surface area contributed by atoms with Crippen molar-refractivity contribution in [2.75, 3.05) is 33.5 Å². The Hall–Kier alpha value is -1.37. The van der Waals surface area contributed by atoms with Gasteiger partial charge in [0.25, 0.3) is 0 Å². The molecule has 0 fully saturated rings. The van der Waals surface area contributed by atoms with Crippen molar-refractivity contribution in [3.8, 4) is 0 Å². The van der Waals surface area contributed by atoms with E-state index in [1.165, 1.54) is 6.26 Å². The molecule has 6 heteroatoms. The zero-order valence-corrected chi connectivity index (χ0v) is 10.4. The van der Waals surface area contributed by atoms with E-state index in [1.54, 1.807) is 13.2 Å². The highest BCUT2D eigenvalue weighted by Crippen LogP contribution is 2.11. The number of aromatic carboxylic acids is 1. The van der Waals surface area contributed by atoms with Crippen LogP contribution in [0.1, 0.15) is 22.5 Å². The number of furan rings is 1. The molecule has 1 aromatic heterocycles. The first-order valence-electron chi connectivity index (χ1n) is 5.69. The summed E-state index contributed by atoms with van der Waals surface area (Å²) >= 11 is 0. The van der Waals surface area contributed by atoms with Gasteiger partial charge in [-0.2, -0.15) is 0 Å². The van der Waals surface area contributed by atoms with E-state index >= 15 is 0 Å². The molecule has 0 aliphatic rings. The lowest BCUT2D eigenvalue weighted by atomic mass is 10.2. The summed E-state index contributed by atoms with van der Waals surface area (Å²) in [5.74, 6) is -1.16. The molecule has 0 radical (unpaired) electrons. The first kappa shape index (κ1) is 14.7. The lowest BCUT2D eigenvalue weighted by Crippen LogP contribution is -2.07. The van der Waals surface area contributed by atoms with E-state index in [-0.39, 0.29) is 12.4 Å². The molecular formula is C12H18O6. The highest BCUT2D eigenvalue weighted by molar-refractivity contribution is 5.85. The molecule has 6 nitrogen and oxygen atoms in total. The first-order chi connectivity index (χ1) is 8.75. The van der Waals surface area contributed by atoms with Crippen LogP contribution in [0, 0.1) is 0 Å². The number of methoxy groups -OCH3 is 1. The number of ether oxygens (including phenoxy) is 3. The van der Waals surface area contributed by atoms with Crippen LogP contribution < -0.4 is 0 Å². The summed E-state index contributed by atoms with van der Waals surface area (Å²) in [4.78, 5) is 10.7. The van der Waals surface area contributed by atoms with Gasteiger partial charge in [-0.25, -0.2) is 4.79 Å². The minimum Gasteiger partial charge on any atom is -0.475 e. The van der Waals surface area contributed by atoms with Crippen molar-refractivity contribution < 1.29 is 28.5 Å². The van der Waals surface area contributed by atoms with Gasteiger partial charge in [0.05, 0.1) is 26.1 Å². The van der Waals surface area contributed by atoms with Gasteiger partial charge >= 0.3 is 5.97 Å². The first-order valence-corrected chi connectivity index (χ1v) is 5.69. The van der Waals surface area contributed by atoms with Crippen LogP contribution in [0.4, 0.5) is 0 Å². The maximum absolute atomic E-state index is 10.7. The fraction of sp³-hybridized carbons (Fsp3) is 0.583. The second-order valence-electron chi connectivity index (χ2n) is 3.59. The number of hydrogen-bond donors (Lipinski definition) is 1. The zero-order chi connectivity index (χ0) is 13.2. The van der Waals surface area contributed by atoms with E-state index < -0.39 is 5.97 Å². The highest BCUT2D eigenvalue weighted by atomic mass is 16.5. The second-order valence-corrected chi connectivity index (χ2v) is 3.59. The van der Waals surface area contributed by atoms with Crippen molar-refractivity contribution in [2.24, 2.45) is 0 Å². The van der Waals surface area contributed by atoms with Gasteiger partial charge in [0.15, 0.2) is 0 Å². The lowest BCUT2D eigenvalue weighted by Gasteiger charge is -2.05. The highest BCUT2D eigenvalue weighted by Gasteiger charge is 2.13. The van der Waals surface area contributed by atoms with Gasteiger partial charge < -0.3 is 23.7 Å². The Labute approximate surface area is 105 Å². The molecule has 102 valence electrons. The Morgan fingerprint density at radius 1 is 1.28 bits per heavy atom. The average molecular weight is 258 g/mol. The van der Waals surface area contributed by atoms with Gasteiger partial charge in [-0.3, -0.25) is 0 Å². The standard InChI is InChI=1S/C12H18O6/c1-15-4-2-5-16-7-8-17-9-10-3-6-18-11(10)12(13)14/h3,6H,2,4-5,7-9H2,1H3,(H,13,14). The molecule has 0 aliphatic carbocycles. The molecule has 0 aliphatic heterocycles. The topological polar surface area (TPSA) is 78.1 Å². The Balaban J connectivity index is 2.07. The van der Waals surface area contributed by atoms with Crippen LogP contribution in [0.15, 0.2) is 16.7 Å². The molecule has 0 saturated carbocycles. The molecule has 0 amide bonds. The largest absolute Gasteiger partial charge is 0.475 e. The van der Waals surface area contributed by atoms with E-state index in [9.17, 15) is 4.79 Å². The lowest BCUT2D eigenvalue weighted by molar-refractivity contribution is 0.0328. The van der Waals surface area contributed by atoms with Crippen molar-refractivity contribution in [3.05, 3.63) is 23.7 Å². The Bertz CT molecular complexity index is 346. The second kappa shape index (κ2) is 8.68. The van der Waals surface area contributed by atoms with E-state index in [0.29, 0.717) is 32.0 Å². The summed E-state index contributed by atoms with van der Waals surface area (Å²) in [6.07, 6.45) is 2.19.